The van der Waals surface area contributed by atoms with Crippen molar-refractivity contribution < 1.29 is 49.0 Å². The third kappa shape index (κ3) is 11.1. The molecule has 17 heavy (non-hydrogen) atoms. The molecule has 0 aromatic heterocycles. The van der Waals surface area contributed by atoms with Gasteiger partial charge in [-0.2, -0.15) is 11.6 Å². The van der Waals surface area contributed by atoms with E-state index in [9.17, 15) is 0 Å². The van der Waals surface area contributed by atoms with Crippen molar-refractivity contribution in [2.24, 2.45) is 0 Å². The number of hydrogen-bond donors (Lipinski definition) is 0. The second-order valence-corrected chi connectivity index (χ2v) is 3.49. The molecule has 2 aliphatic carbocycles. The van der Waals surface area contributed by atoms with Gasteiger partial charge in [0.05, 0.1) is 0 Å². The van der Waals surface area contributed by atoms with Crippen LogP contribution >= 0.6 is 0 Å². The molecule has 2 rings (SSSR count). The second-order valence-electron chi connectivity index (χ2n) is 3.49. The fourth-order valence-corrected chi connectivity index (χ4v) is 1.12. The fraction of sp³-hybridized carbons (Fsp3) is 0.357. The smallest absolute Gasteiger partial charge is 1.00 e. The van der Waals surface area contributed by atoms with Gasteiger partial charge in [-0.1, -0.05) is 6.92 Å². The van der Waals surface area contributed by atoms with Crippen LogP contribution in [0.3, 0.4) is 0 Å². The molecule has 0 atom stereocenters. The second kappa shape index (κ2) is 14.4. The molecule has 0 nitrogen and oxygen atoms in total. The van der Waals surface area contributed by atoms with Crippen molar-refractivity contribution in [3.05, 3.63) is 47.1 Å². The fourth-order valence-electron chi connectivity index (χ4n) is 1.12. The summed E-state index contributed by atoms with van der Waals surface area (Å²) in [6, 6.07) is 0. The third-order valence-electron chi connectivity index (χ3n) is 2.23. The third-order valence-corrected chi connectivity index (χ3v) is 2.23. The topological polar surface area (TPSA) is 0 Å². The summed E-state index contributed by atoms with van der Waals surface area (Å²) in [5, 5.41) is 0. The SMILES string of the molecule is CC1=C(C)C[C-]=C1.CC1=CC[C-]=C1.[CH2]=[Zr+2].[Cl-].[Cl-]. The van der Waals surface area contributed by atoms with Crippen LogP contribution in [0.4, 0.5) is 0 Å². The van der Waals surface area contributed by atoms with Crippen molar-refractivity contribution in [2.45, 2.75) is 33.6 Å². The monoisotopic (exact) mass is 346 g/mol. The Morgan fingerprint density at radius 2 is 1.65 bits per heavy atom. The van der Waals surface area contributed by atoms with Crippen molar-refractivity contribution in [1.29, 1.82) is 0 Å². The van der Waals surface area contributed by atoms with Crippen LogP contribution in [0.5, 0.6) is 0 Å². The molecule has 0 aromatic rings. The molecule has 0 bridgehead atoms. The van der Waals surface area contributed by atoms with E-state index in [1.54, 1.807) is 0 Å². The quantitative estimate of drug-likeness (QED) is 0.434. The van der Waals surface area contributed by atoms with Gasteiger partial charge in [0.1, 0.15) is 0 Å². The van der Waals surface area contributed by atoms with E-state index < -0.39 is 0 Å². The van der Waals surface area contributed by atoms with E-state index >= 15 is 0 Å². The molecule has 0 spiro atoms. The maximum Gasteiger partial charge on any atom is -1.00 e. The Morgan fingerprint density at radius 3 is 1.76 bits per heavy atom. The van der Waals surface area contributed by atoms with E-state index in [4.69, 9.17) is 0 Å². The zero-order chi connectivity index (χ0) is 11.7. The Kier molecular flexibility index (Phi) is 19.0. The average molecular weight is 348 g/mol. The number of halogens is 2. The first kappa shape index (κ1) is 22.5. The van der Waals surface area contributed by atoms with Gasteiger partial charge < -0.3 is 24.8 Å². The molecular weight excluding hydrogens is 330 g/mol. The molecule has 0 saturated carbocycles. The molecule has 0 amide bonds. The molecule has 0 N–H and O–H groups in total. The van der Waals surface area contributed by atoms with Crippen LogP contribution in [-0.4, -0.2) is 4.21 Å². The van der Waals surface area contributed by atoms with Gasteiger partial charge in [0.25, 0.3) is 0 Å². The van der Waals surface area contributed by atoms with Gasteiger partial charge in [0.15, 0.2) is 0 Å². The minimum absolute atomic E-state index is 0. The maximum absolute atomic E-state index is 3.34. The molecule has 0 aromatic carbocycles. The van der Waals surface area contributed by atoms with Crippen LogP contribution in [0.1, 0.15) is 33.6 Å². The molecule has 2 aliphatic rings. The van der Waals surface area contributed by atoms with E-state index in [1.807, 2.05) is 6.08 Å². The summed E-state index contributed by atoms with van der Waals surface area (Å²) < 4.78 is 3.34. The minimum atomic E-state index is 0. The number of rotatable bonds is 0. The van der Waals surface area contributed by atoms with Gasteiger partial charge in [-0.15, -0.1) is 26.7 Å². The van der Waals surface area contributed by atoms with Crippen LogP contribution in [0.15, 0.2) is 34.9 Å². The van der Waals surface area contributed by atoms with Gasteiger partial charge >= 0.3 is 28.4 Å². The van der Waals surface area contributed by atoms with Crippen molar-refractivity contribution >= 4 is 4.21 Å². The minimum Gasteiger partial charge on any atom is -1.00 e. The summed E-state index contributed by atoms with van der Waals surface area (Å²) in [5.74, 6) is 0. The summed E-state index contributed by atoms with van der Waals surface area (Å²) >= 11 is 1.30. The Labute approximate surface area is 133 Å². The first-order valence-electron chi connectivity index (χ1n) is 5.02. The van der Waals surface area contributed by atoms with E-state index in [0.29, 0.717) is 0 Å². The molecule has 0 unspecified atom stereocenters. The summed E-state index contributed by atoms with van der Waals surface area (Å²) in [6.45, 7) is 6.35. The maximum atomic E-state index is 3.34. The van der Waals surface area contributed by atoms with E-state index in [-0.39, 0.29) is 24.8 Å². The first-order valence-corrected chi connectivity index (χ1v) is 6.75. The molecular formula is C14H18Cl2Zr-2. The Morgan fingerprint density at radius 1 is 1.06 bits per heavy atom. The first-order chi connectivity index (χ1) is 7.20. The molecule has 0 aliphatic heterocycles. The standard InChI is InChI=1S/C7H9.C6H7.CH2.2ClH.Zr/c1-6-4-3-5-7(6)2;1-6-4-2-3-5-6;;;;/h4H,5H2,1-2H3;4-5H,2H2,1H3;1H2;2*1H;/q2*-1;;;;+2/p-2. The van der Waals surface area contributed by atoms with E-state index in [0.717, 1.165) is 12.8 Å². The Balaban J connectivity index is -0.000000184. The summed E-state index contributed by atoms with van der Waals surface area (Å²) in [6.07, 6.45) is 14.5. The Bertz CT molecular complexity index is 309. The number of allylic oxidation sites excluding steroid dienone is 8. The summed E-state index contributed by atoms with van der Waals surface area (Å²) in [5.41, 5.74) is 4.19. The van der Waals surface area contributed by atoms with E-state index in [2.05, 4.69) is 49.3 Å². The molecule has 94 valence electrons. The summed E-state index contributed by atoms with van der Waals surface area (Å²) in [7, 11) is 0. The van der Waals surface area contributed by atoms with Crippen LogP contribution in [-0.2, 0) is 24.2 Å². The van der Waals surface area contributed by atoms with Gasteiger partial charge in [0, 0.05) is 0 Å². The molecule has 3 heteroatoms. The molecule has 0 saturated heterocycles. The molecule has 0 fully saturated rings. The van der Waals surface area contributed by atoms with Gasteiger partial charge in [-0.3, -0.25) is 12.2 Å². The van der Waals surface area contributed by atoms with Crippen molar-refractivity contribution in [3.8, 4) is 0 Å². The van der Waals surface area contributed by atoms with Crippen LogP contribution in [0, 0.1) is 12.2 Å². The van der Waals surface area contributed by atoms with Gasteiger partial charge in [0.2, 0.25) is 0 Å². The Hall–Kier alpha value is 0.293. The molecule has 0 radical (unpaired) electrons. The zero-order valence-corrected chi connectivity index (χ0v) is 14.6. The van der Waals surface area contributed by atoms with Crippen LogP contribution < -0.4 is 24.8 Å². The van der Waals surface area contributed by atoms with Gasteiger partial charge in [-0.25, -0.2) is 23.3 Å². The van der Waals surface area contributed by atoms with Crippen molar-refractivity contribution in [3.63, 3.8) is 0 Å². The van der Waals surface area contributed by atoms with E-state index in [1.165, 1.54) is 41.0 Å². The normalized spacial score (nSPS) is 14.8. The number of hydrogen-bond acceptors (Lipinski definition) is 0. The largest absolute Gasteiger partial charge is 1.00 e. The zero-order valence-electron chi connectivity index (χ0n) is 10.6. The summed E-state index contributed by atoms with van der Waals surface area (Å²) in [4.78, 5) is 0. The van der Waals surface area contributed by atoms with Crippen molar-refractivity contribution in [1.82, 2.24) is 0 Å². The van der Waals surface area contributed by atoms with Crippen LogP contribution in [0.2, 0.25) is 0 Å². The predicted molar refractivity (Wildman–Crippen MR) is 64.1 cm³/mol. The predicted octanol–water partition coefficient (Wildman–Crippen LogP) is -2.25. The van der Waals surface area contributed by atoms with Crippen molar-refractivity contribution in [2.75, 3.05) is 0 Å². The van der Waals surface area contributed by atoms with Gasteiger partial charge in [-0.05, 0) is 0 Å². The van der Waals surface area contributed by atoms with Crippen LogP contribution in [0.25, 0.3) is 0 Å². The average Bonchev–Trinajstić information content (AvgIpc) is 2.84. The molecule has 0 heterocycles.